The zero-order valence-electron chi connectivity index (χ0n) is 11.5. The van der Waals surface area contributed by atoms with Gasteiger partial charge < -0.3 is 10.2 Å². The minimum absolute atomic E-state index is 0.126. The summed E-state index contributed by atoms with van der Waals surface area (Å²) in [6.45, 7) is 5.28. The normalized spacial score (nSPS) is 16.2. The lowest BCUT2D eigenvalue weighted by atomic mass is 10.1. The number of halogens is 1. The molecule has 1 aromatic rings. The van der Waals surface area contributed by atoms with E-state index in [4.69, 9.17) is 11.6 Å². The molecule has 104 valence electrons. The lowest BCUT2D eigenvalue weighted by molar-refractivity contribution is -0.130. The predicted molar refractivity (Wildman–Crippen MR) is 78.3 cm³/mol. The smallest absolute Gasteiger partial charge is 0.236 e. The Labute approximate surface area is 119 Å². The third-order valence-electron chi connectivity index (χ3n) is 3.56. The van der Waals surface area contributed by atoms with E-state index in [1.807, 2.05) is 43.0 Å². The molecule has 1 N–H and O–H groups in total. The number of carbonyl (C=O) groups is 1. The Balaban J connectivity index is 1.85. The molecule has 0 radical (unpaired) electrons. The summed E-state index contributed by atoms with van der Waals surface area (Å²) in [6.07, 6.45) is 2.31. The first kappa shape index (κ1) is 14.4. The molecule has 0 spiro atoms. The number of carbonyl (C=O) groups excluding carboxylic acids is 1. The molecule has 0 heterocycles. The highest BCUT2D eigenvalue weighted by molar-refractivity contribution is 6.30. The molecule has 2 rings (SSSR count). The van der Waals surface area contributed by atoms with Crippen LogP contribution in [0.25, 0.3) is 0 Å². The topological polar surface area (TPSA) is 32.3 Å². The minimum Gasteiger partial charge on any atom is -0.339 e. The molecule has 1 unspecified atom stereocenters. The van der Waals surface area contributed by atoms with E-state index in [1.165, 1.54) is 0 Å². The Kier molecular flexibility index (Phi) is 4.83. The van der Waals surface area contributed by atoms with E-state index in [1.54, 1.807) is 0 Å². The highest BCUT2D eigenvalue weighted by atomic mass is 35.5. The van der Waals surface area contributed by atoms with Crippen LogP contribution in [-0.2, 0) is 4.79 Å². The van der Waals surface area contributed by atoms with Crippen LogP contribution >= 0.6 is 11.6 Å². The number of hydrogen-bond acceptors (Lipinski definition) is 2. The Bertz CT molecular complexity index is 446. The van der Waals surface area contributed by atoms with Crippen LogP contribution in [0.2, 0.25) is 5.02 Å². The molecule has 0 saturated heterocycles. The van der Waals surface area contributed by atoms with Crippen LogP contribution < -0.4 is 5.32 Å². The van der Waals surface area contributed by atoms with E-state index < -0.39 is 0 Å². The average Bonchev–Trinajstić information content (AvgIpc) is 3.21. The van der Waals surface area contributed by atoms with Gasteiger partial charge in [0.2, 0.25) is 5.91 Å². The van der Waals surface area contributed by atoms with Crippen molar-refractivity contribution in [3.8, 4) is 0 Å². The summed E-state index contributed by atoms with van der Waals surface area (Å²) in [5.74, 6) is 0.193. The number of nitrogens with zero attached hydrogens (tertiary/aromatic N) is 1. The van der Waals surface area contributed by atoms with Gasteiger partial charge in [-0.2, -0.15) is 0 Å². The summed E-state index contributed by atoms with van der Waals surface area (Å²) in [5.41, 5.74) is 1.11. The van der Waals surface area contributed by atoms with Gasteiger partial charge in [-0.15, -0.1) is 0 Å². The molecule has 1 aliphatic carbocycles. The number of nitrogens with one attached hydrogen (secondary N) is 1. The third-order valence-corrected chi connectivity index (χ3v) is 3.79. The van der Waals surface area contributed by atoms with Crippen LogP contribution in [0.15, 0.2) is 24.3 Å². The predicted octanol–water partition coefficient (Wildman–Crippen LogP) is 3.00. The molecule has 0 aromatic heterocycles. The van der Waals surface area contributed by atoms with E-state index in [0.717, 1.165) is 30.0 Å². The second-order valence-electron chi connectivity index (χ2n) is 5.07. The number of amides is 1. The summed E-state index contributed by atoms with van der Waals surface area (Å²) >= 11 is 5.97. The number of likely N-dealkylation sites (N-methyl/N-ethyl adjacent to an activating group) is 1. The Morgan fingerprint density at radius 1 is 1.53 bits per heavy atom. The van der Waals surface area contributed by atoms with Gasteiger partial charge in [0.1, 0.15) is 0 Å². The van der Waals surface area contributed by atoms with Crippen molar-refractivity contribution in [2.45, 2.75) is 38.8 Å². The Hall–Kier alpha value is -1.06. The summed E-state index contributed by atoms with van der Waals surface area (Å²) in [6, 6.07) is 8.35. The van der Waals surface area contributed by atoms with Crippen LogP contribution in [0.3, 0.4) is 0 Å². The zero-order valence-corrected chi connectivity index (χ0v) is 12.3. The fraction of sp³-hybridized carbons (Fsp3) is 0.533. The van der Waals surface area contributed by atoms with Gasteiger partial charge in [0, 0.05) is 23.7 Å². The third kappa shape index (κ3) is 3.95. The summed E-state index contributed by atoms with van der Waals surface area (Å²) in [5, 5.41) is 4.00. The van der Waals surface area contributed by atoms with Crippen molar-refractivity contribution in [3.05, 3.63) is 34.9 Å². The molecule has 1 amide bonds. The molecular weight excluding hydrogens is 260 g/mol. The summed E-state index contributed by atoms with van der Waals surface area (Å²) in [4.78, 5) is 14.1. The van der Waals surface area contributed by atoms with Crippen molar-refractivity contribution in [2.75, 3.05) is 13.1 Å². The molecule has 1 aromatic carbocycles. The monoisotopic (exact) mass is 280 g/mol. The van der Waals surface area contributed by atoms with E-state index in [2.05, 4.69) is 5.32 Å². The zero-order chi connectivity index (χ0) is 13.8. The lowest BCUT2D eigenvalue weighted by Crippen LogP contribution is -2.40. The van der Waals surface area contributed by atoms with Crippen LogP contribution in [0.5, 0.6) is 0 Å². The van der Waals surface area contributed by atoms with Crippen molar-refractivity contribution in [3.63, 3.8) is 0 Å². The highest BCUT2D eigenvalue weighted by Gasteiger charge is 2.31. The fourth-order valence-electron chi connectivity index (χ4n) is 2.26. The van der Waals surface area contributed by atoms with Crippen molar-refractivity contribution in [1.82, 2.24) is 10.2 Å². The Morgan fingerprint density at radius 2 is 2.26 bits per heavy atom. The molecule has 0 aliphatic heterocycles. The Morgan fingerprint density at radius 3 is 2.84 bits per heavy atom. The van der Waals surface area contributed by atoms with Crippen molar-refractivity contribution >= 4 is 17.5 Å². The summed E-state index contributed by atoms with van der Waals surface area (Å²) in [7, 11) is 0. The maximum atomic E-state index is 12.1. The fourth-order valence-corrected chi connectivity index (χ4v) is 2.46. The molecule has 3 nitrogen and oxygen atoms in total. The van der Waals surface area contributed by atoms with Gasteiger partial charge >= 0.3 is 0 Å². The highest BCUT2D eigenvalue weighted by Crippen LogP contribution is 2.26. The standard InChI is InChI=1S/C15H21ClN2O/c1-3-18(14-7-8-14)15(19)10-17-11(2)12-5-4-6-13(16)9-12/h4-6,9,11,14,17H,3,7-8,10H2,1-2H3. The summed E-state index contributed by atoms with van der Waals surface area (Å²) < 4.78 is 0. The molecule has 1 aliphatic rings. The van der Waals surface area contributed by atoms with Crippen molar-refractivity contribution < 1.29 is 4.79 Å². The second kappa shape index (κ2) is 6.40. The SMILES string of the molecule is CCN(C(=O)CNC(C)c1cccc(Cl)c1)C1CC1. The molecular formula is C15H21ClN2O. The molecule has 1 atom stereocenters. The van der Waals surface area contributed by atoms with Crippen LogP contribution in [-0.4, -0.2) is 29.9 Å². The van der Waals surface area contributed by atoms with Crippen LogP contribution in [0.4, 0.5) is 0 Å². The second-order valence-corrected chi connectivity index (χ2v) is 5.50. The van der Waals surface area contributed by atoms with E-state index in [-0.39, 0.29) is 11.9 Å². The van der Waals surface area contributed by atoms with Gasteiger partial charge in [-0.05, 0) is 44.4 Å². The minimum atomic E-state index is 0.126. The van der Waals surface area contributed by atoms with Gasteiger partial charge in [-0.1, -0.05) is 23.7 Å². The molecule has 1 fully saturated rings. The van der Waals surface area contributed by atoms with Crippen LogP contribution in [0.1, 0.15) is 38.3 Å². The van der Waals surface area contributed by atoms with E-state index in [0.29, 0.717) is 12.6 Å². The largest absolute Gasteiger partial charge is 0.339 e. The number of benzene rings is 1. The quantitative estimate of drug-likeness (QED) is 0.869. The van der Waals surface area contributed by atoms with Gasteiger partial charge in [-0.3, -0.25) is 4.79 Å². The van der Waals surface area contributed by atoms with E-state index in [9.17, 15) is 4.79 Å². The first-order chi connectivity index (χ1) is 9.11. The molecule has 0 bridgehead atoms. The first-order valence-corrected chi connectivity index (χ1v) is 7.28. The van der Waals surface area contributed by atoms with Crippen LogP contribution in [0, 0.1) is 0 Å². The van der Waals surface area contributed by atoms with Gasteiger partial charge in [0.15, 0.2) is 0 Å². The molecule has 1 saturated carbocycles. The average molecular weight is 281 g/mol. The maximum absolute atomic E-state index is 12.1. The first-order valence-electron chi connectivity index (χ1n) is 6.90. The van der Waals surface area contributed by atoms with Gasteiger partial charge in [0.25, 0.3) is 0 Å². The van der Waals surface area contributed by atoms with Gasteiger partial charge in [0.05, 0.1) is 6.54 Å². The maximum Gasteiger partial charge on any atom is 0.236 e. The molecule has 4 heteroatoms. The lowest BCUT2D eigenvalue weighted by Gasteiger charge is -2.22. The molecule has 19 heavy (non-hydrogen) atoms. The van der Waals surface area contributed by atoms with Gasteiger partial charge in [-0.25, -0.2) is 0 Å². The number of hydrogen-bond donors (Lipinski definition) is 1. The van der Waals surface area contributed by atoms with Crippen molar-refractivity contribution in [2.24, 2.45) is 0 Å². The number of rotatable bonds is 6. The van der Waals surface area contributed by atoms with Crippen molar-refractivity contribution in [1.29, 1.82) is 0 Å². The van der Waals surface area contributed by atoms with E-state index >= 15 is 0 Å².